The van der Waals surface area contributed by atoms with Gasteiger partial charge in [-0.2, -0.15) is 0 Å². The monoisotopic (exact) mass is 208 g/mol. The molecular formula is C13H20O2. The van der Waals surface area contributed by atoms with Crippen LogP contribution in [0.25, 0.3) is 0 Å². The molecule has 2 nitrogen and oxygen atoms in total. The molecule has 0 saturated heterocycles. The van der Waals surface area contributed by atoms with Crippen molar-refractivity contribution in [1.82, 2.24) is 0 Å². The molecule has 0 heterocycles. The average molecular weight is 208 g/mol. The fraction of sp³-hybridized carbons (Fsp3) is 0.769. The van der Waals surface area contributed by atoms with E-state index >= 15 is 0 Å². The molecule has 0 aromatic rings. The van der Waals surface area contributed by atoms with Gasteiger partial charge in [0.2, 0.25) is 0 Å². The Kier molecular flexibility index (Phi) is 2.40. The maximum Gasteiger partial charge on any atom is 0.330 e. The third kappa shape index (κ3) is 1.60. The Morgan fingerprint density at radius 3 is 2.47 bits per heavy atom. The van der Waals surface area contributed by atoms with Crippen molar-refractivity contribution < 1.29 is 9.53 Å². The normalized spacial score (nSPS) is 34.1. The highest BCUT2D eigenvalue weighted by Gasteiger charge is 2.55. The van der Waals surface area contributed by atoms with E-state index in [2.05, 4.69) is 20.4 Å². The molecule has 0 aliphatic heterocycles. The maximum absolute atomic E-state index is 11.3. The molecule has 2 heteroatoms. The molecule has 0 aromatic carbocycles. The molecule has 2 bridgehead atoms. The lowest BCUT2D eigenvalue weighted by molar-refractivity contribution is -0.164. The summed E-state index contributed by atoms with van der Waals surface area (Å²) in [5, 5.41) is 0. The van der Waals surface area contributed by atoms with Crippen LogP contribution in [-0.4, -0.2) is 11.6 Å². The molecule has 2 aliphatic rings. The minimum absolute atomic E-state index is 0.246. The van der Waals surface area contributed by atoms with Crippen LogP contribution < -0.4 is 0 Å². The van der Waals surface area contributed by atoms with E-state index in [1.54, 1.807) is 0 Å². The van der Waals surface area contributed by atoms with Crippen LogP contribution in [0.2, 0.25) is 0 Å². The van der Waals surface area contributed by atoms with Gasteiger partial charge in [-0.3, -0.25) is 0 Å². The van der Waals surface area contributed by atoms with Gasteiger partial charge in [-0.25, -0.2) is 4.79 Å². The average Bonchev–Trinajstić information content (AvgIpc) is 2.77. The number of ether oxygens (including phenoxy) is 1. The first-order chi connectivity index (χ1) is 6.99. The molecule has 0 unspecified atom stereocenters. The zero-order chi connectivity index (χ0) is 11.1. The van der Waals surface area contributed by atoms with Crippen LogP contribution in [0, 0.1) is 11.3 Å². The van der Waals surface area contributed by atoms with Crippen LogP contribution >= 0.6 is 0 Å². The molecule has 2 aliphatic carbocycles. The van der Waals surface area contributed by atoms with Gasteiger partial charge in [0, 0.05) is 11.5 Å². The van der Waals surface area contributed by atoms with E-state index in [1.165, 1.54) is 38.2 Å². The Morgan fingerprint density at radius 2 is 2.07 bits per heavy atom. The van der Waals surface area contributed by atoms with Gasteiger partial charge in [-0.15, -0.1) is 0 Å². The number of fused-ring (bicyclic) bond motifs is 2. The number of carbonyl (C=O) groups is 1. The Balaban J connectivity index is 2.14. The van der Waals surface area contributed by atoms with Gasteiger partial charge in [-0.1, -0.05) is 6.58 Å². The number of rotatable bonds is 3. The molecule has 0 spiro atoms. The summed E-state index contributed by atoms with van der Waals surface area (Å²) in [6.07, 6.45) is 7.57. The van der Waals surface area contributed by atoms with Crippen molar-refractivity contribution in [1.29, 1.82) is 0 Å². The maximum atomic E-state index is 11.3. The number of hydrogen-bond acceptors (Lipinski definition) is 2. The summed E-state index contributed by atoms with van der Waals surface area (Å²) < 4.78 is 5.53. The topological polar surface area (TPSA) is 26.3 Å². The Bertz CT molecular complexity index is 283. The minimum Gasteiger partial charge on any atom is -0.456 e. The standard InChI is InChI=1S/C13H20O2/c1-4-11(14)15-12(2,3)13-7-5-10(9-13)6-8-13/h4,10H,1,5-9H2,2-3H3. The van der Waals surface area contributed by atoms with Gasteiger partial charge in [0.1, 0.15) is 5.60 Å². The van der Waals surface area contributed by atoms with Crippen molar-refractivity contribution in [2.45, 2.75) is 51.6 Å². The summed E-state index contributed by atoms with van der Waals surface area (Å²) in [6.45, 7) is 7.57. The lowest BCUT2D eigenvalue weighted by atomic mass is 9.71. The summed E-state index contributed by atoms with van der Waals surface area (Å²) in [4.78, 5) is 11.3. The first kappa shape index (κ1) is 10.7. The highest BCUT2D eigenvalue weighted by molar-refractivity contribution is 5.81. The Hall–Kier alpha value is -0.790. The molecule has 0 aromatic heterocycles. The second-order valence-electron chi connectivity index (χ2n) is 5.56. The van der Waals surface area contributed by atoms with Crippen LogP contribution in [0.1, 0.15) is 46.0 Å². The molecule has 0 N–H and O–H groups in total. The molecule has 2 saturated carbocycles. The van der Waals surface area contributed by atoms with Gasteiger partial charge in [0.15, 0.2) is 0 Å². The molecule has 15 heavy (non-hydrogen) atoms. The van der Waals surface area contributed by atoms with Gasteiger partial charge >= 0.3 is 5.97 Å². The first-order valence-electron chi connectivity index (χ1n) is 5.84. The van der Waals surface area contributed by atoms with Crippen LogP contribution in [0.3, 0.4) is 0 Å². The summed E-state index contributed by atoms with van der Waals surface area (Å²) >= 11 is 0. The van der Waals surface area contributed by atoms with E-state index in [9.17, 15) is 4.79 Å². The van der Waals surface area contributed by atoms with Gasteiger partial charge in [0.25, 0.3) is 0 Å². The predicted octanol–water partition coefficient (Wildman–Crippen LogP) is 3.07. The smallest absolute Gasteiger partial charge is 0.330 e. The summed E-state index contributed by atoms with van der Waals surface area (Å²) in [6, 6.07) is 0. The second kappa shape index (κ2) is 3.36. The van der Waals surface area contributed by atoms with Crippen LogP contribution in [0.4, 0.5) is 0 Å². The molecule has 0 atom stereocenters. The third-order valence-corrected chi connectivity index (χ3v) is 4.54. The molecule has 0 amide bonds. The number of hydrogen-bond donors (Lipinski definition) is 0. The zero-order valence-electron chi connectivity index (χ0n) is 9.71. The number of esters is 1. The van der Waals surface area contributed by atoms with Gasteiger partial charge in [0.05, 0.1) is 0 Å². The fourth-order valence-electron chi connectivity index (χ4n) is 3.44. The van der Waals surface area contributed by atoms with E-state index < -0.39 is 0 Å². The highest BCUT2D eigenvalue weighted by atomic mass is 16.6. The van der Waals surface area contributed by atoms with E-state index in [1.807, 2.05) is 0 Å². The van der Waals surface area contributed by atoms with Crippen molar-refractivity contribution in [2.75, 3.05) is 0 Å². The van der Waals surface area contributed by atoms with Gasteiger partial charge in [-0.05, 0) is 51.9 Å². The van der Waals surface area contributed by atoms with E-state index in [-0.39, 0.29) is 17.0 Å². The molecule has 2 fully saturated rings. The van der Waals surface area contributed by atoms with Crippen molar-refractivity contribution in [3.63, 3.8) is 0 Å². The zero-order valence-corrected chi connectivity index (χ0v) is 9.71. The van der Waals surface area contributed by atoms with Crippen molar-refractivity contribution in [3.8, 4) is 0 Å². The van der Waals surface area contributed by atoms with Crippen molar-refractivity contribution in [3.05, 3.63) is 12.7 Å². The van der Waals surface area contributed by atoms with Crippen LogP contribution in [0.15, 0.2) is 12.7 Å². The Labute approximate surface area is 91.7 Å². The highest BCUT2D eigenvalue weighted by Crippen LogP contribution is 2.60. The van der Waals surface area contributed by atoms with Crippen LogP contribution in [-0.2, 0) is 9.53 Å². The summed E-state index contributed by atoms with van der Waals surface area (Å²) in [7, 11) is 0. The molecule has 2 rings (SSSR count). The van der Waals surface area contributed by atoms with E-state index in [4.69, 9.17) is 4.74 Å². The summed E-state index contributed by atoms with van der Waals surface area (Å²) in [5.41, 5.74) is -0.0835. The molecular weight excluding hydrogens is 188 g/mol. The van der Waals surface area contributed by atoms with Crippen LogP contribution in [0.5, 0.6) is 0 Å². The largest absolute Gasteiger partial charge is 0.456 e. The summed E-state index contributed by atoms with van der Waals surface area (Å²) in [5.74, 6) is 0.594. The van der Waals surface area contributed by atoms with Crippen molar-refractivity contribution >= 4 is 5.97 Å². The Morgan fingerprint density at radius 1 is 1.47 bits per heavy atom. The fourth-order valence-corrected chi connectivity index (χ4v) is 3.44. The lowest BCUT2D eigenvalue weighted by Gasteiger charge is -2.42. The van der Waals surface area contributed by atoms with Crippen molar-refractivity contribution in [2.24, 2.45) is 11.3 Å². The quantitative estimate of drug-likeness (QED) is 0.526. The lowest BCUT2D eigenvalue weighted by Crippen LogP contribution is -2.44. The third-order valence-electron chi connectivity index (χ3n) is 4.54. The van der Waals surface area contributed by atoms with E-state index in [0.29, 0.717) is 0 Å². The van der Waals surface area contributed by atoms with Gasteiger partial charge < -0.3 is 4.74 Å². The first-order valence-corrected chi connectivity index (χ1v) is 5.84. The second-order valence-corrected chi connectivity index (χ2v) is 5.56. The SMILES string of the molecule is C=CC(=O)OC(C)(C)C12CCC(CC1)C2. The molecule has 0 radical (unpaired) electrons. The molecule has 84 valence electrons. The predicted molar refractivity (Wildman–Crippen MR) is 59.4 cm³/mol. The van der Waals surface area contributed by atoms with E-state index in [0.717, 1.165) is 5.92 Å². The number of carbonyl (C=O) groups excluding carboxylic acids is 1. The minimum atomic E-state index is -0.330.